The van der Waals surface area contributed by atoms with Gasteiger partial charge < -0.3 is 0 Å². The van der Waals surface area contributed by atoms with E-state index in [1.54, 1.807) is 23.8 Å². The average molecular weight is 134 g/mol. The highest BCUT2D eigenvalue weighted by Gasteiger charge is 2.08. The molecule has 0 unspecified atom stereocenters. The lowest BCUT2D eigenvalue weighted by molar-refractivity contribution is 0.445. The molecule has 2 rings (SSSR count). The molecule has 0 aromatic rings. The van der Waals surface area contributed by atoms with Gasteiger partial charge in [-0.1, -0.05) is 0 Å². The summed E-state index contributed by atoms with van der Waals surface area (Å²) in [6.45, 7) is 0. The summed E-state index contributed by atoms with van der Waals surface area (Å²) in [5.41, 5.74) is 2.91. The van der Waals surface area contributed by atoms with Crippen LogP contribution in [0.4, 0.5) is 0 Å². The molecule has 0 aliphatic carbocycles. The predicted octanol–water partition coefficient (Wildman–Crippen LogP) is 0.232. The Morgan fingerprint density at radius 1 is 1.50 bits per heavy atom. The number of fused-ring (bicyclic) bond motifs is 1. The molecule has 0 aromatic carbocycles. The first-order valence-electron chi connectivity index (χ1n) is 2.95. The molecular weight excluding hydrogens is 128 g/mol. The first-order chi connectivity index (χ1) is 4.97. The van der Waals surface area contributed by atoms with Crippen LogP contribution in [-0.2, 0) is 0 Å². The largest absolute Gasteiger partial charge is 0.282 e. The summed E-state index contributed by atoms with van der Waals surface area (Å²) in [7, 11) is 0. The third-order valence-electron chi connectivity index (χ3n) is 1.24. The normalized spacial score (nSPS) is 20.0. The van der Waals surface area contributed by atoms with E-state index >= 15 is 0 Å². The van der Waals surface area contributed by atoms with Crippen LogP contribution in [0.25, 0.3) is 0 Å². The molecule has 0 spiro atoms. The lowest BCUT2D eigenvalue weighted by Gasteiger charge is -2.09. The van der Waals surface area contributed by atoms with Crippen LogP contribution in [0.3, 0.4) is 0 Å². The smallest absolute Gasteiger partial charge is 0.171 e. The quantitative estimate of drug-likeness (QED) is 0.515. The molecule has 2 heterocycles. The van der Waals surface area contributed by atoms with Crippen molar-refractivity contribution in [2.45, 2.75) is 0 Å². The highest BCUT2D eigenvalue weighted by molar-refractivity contribution is 5.72. The van der Waals surface area contributed by atoms with E-state index in [9.17, 15) is 0 Å². The second-order valence-corrected chi connectivity index (χ2v) is 1.88. The van der Waals surface area contributed by atoms with Crippen molar-refractivity contribution in [2.75, 3.05) is 0 Å². The summed E-state index contributed by atoms with van der Waals surface area (Å²) in [4.78, 5) is 7.95. The van der Waals surface area contributed by atoms with Gasteiger partial charge in [0.15, 0.2) is 5.82 Å². The Kier molecular flexibility index (Phi) is 1.04. The van der Waals surface area contributed by atoms with E-state index in [1.165, 1.54) is 0 Å². The van der Waals surface area contributed by atoms with E-state index in [1.807, 2.05) is 12.3 Å². The molecule has 10 heavy (non-hydrogen) atoms. The van der Waals surface area contributed by atoms with Crippen molar-refractivity contribution in [3.8, 4) is 0 Å². The van der Waals surface area contributed by atoms with E-state index in [-0.39, 0.29) is 0 Å². The molecule has 1 N–H and O–H groups in total. The van der Waals surface area contributed by atoms with E-state index in [0.29, 0.717) is 0 Å². The molecule has 4 nitrogen and oxygen atoms in total. The van der Waals surface area contributed by atoms with Gasteiger partial charge in [-0.3, -0.25) is 10.4 Å². The zero-order chi connectivity index (χ0) is 6.81. The zero-order valence-corrected chi connectivity index (χ0v) is 5.23. The van der Waals surface area contributed by atoms with Gasteiger partial charge in [-0.15, -0.1) is 0 Å². The number of nitrogens with zero attached hydrogens (tertiary/aromatic N) is 3. The predicted molar refractivity (Wildman–Crippen MR) is 39.2 cm³/mol. The van der Waals surface area contributed by atoms with Crippen molar-refractivity contribution in [3.63, 3.8) is 0 Å². The van der Waals surface area contributed by atoms with Crippen LogP contribution in [-0.4, -0.2) is 17.6 Å². The van der Waals surface area contributed by atoms with Crippen molar-refractivity contribution in [2.24, 2.45) is 9.98 Å². The highest BCUT2D eigenvalue weighted by Crippen LogP contribution is 2.08. The van der Waals surface area contributed by atoms with Crippen LogP contribution >= 0.6 is 0 Å². The maximum atomic E-state index is 4.00. The Morgan fingerprint density at radius 2 is 2.50 bits per heavy atom. The number of hydrazine groups is 1. The Hall–Kier alpha value is -1.58. The number of allylic oxidation sites excluding steroid dienone is 1. The molecule has 0 saturated heterocycles. The number of aliphatic imine (C=N–C) groups is 2. The van der Waals surface area contributed by atoms with Crippen molar-refractivity contribution < 1.29 is 0 Å². The summed E-state index contributed by atoms with van der Waals surface area (Å²) in [5, 5.41) is 1.78. The minimum absolute atomic E-state index is 0.810. The number of hydrogen-bond donors (Lipinski definition) is 1. The minimum Gasteiger partial charge on any atom is -0.282 e. The Balaban J connectivity index is 2.36. The fourth-order valence-corrected chi connectivity index (χ4v) is 0.784. The van der Waals surface area contributed by atoms with Gasteiger partial charge in [0, 0.05) is 12.4 Å². The van der Waals surface area contributed by atoms with Gasteiger partial charge in [0.2, 0.25) is 0 Å². The number of rotatable bonds is 0. The average Bonchev–Trinajstić information content (AvgIpc) is 2.28. The maximum absolute atomic E-state index is 4.00. The molecule has 2 aliphatic rings. The van der Waals surface area contributed by atoms with Gasteiger partial charge in [0.05, 0.1) is 6.20 Å². The molecule has 0 bridgehead atoms. The van der Waals surface area contributed by atoms with Gasteiger partial charge in [-0.2, -0.15) is 0 Å². The molecule has 2 aliphatic heterocycles. The molecule has 4 heteroatoms. The first-order valence-corrected chi connectivity index (χ1v) is 2.95. The van der Waals surface area contributed by atoms with E-state index in [0.717, 1.165) is 5.82 Å². The van der Waals surface area contributed by atoms with Crippen molar-refractivity contribution in [1.82, 2.24) is 10.4 Å². The Labute approximate surface area is 58.2 Å². The molecule has 50 valence electrons. The summed E-state index contributed by atoms with van der Waals surface area (Å²) < 4.78 is 0. The van der Waals surface area contributed by atoms with Crippen LogP contribution in [0.1, 0.15) is 0 Å². The Bertz CT molecular complexity index is 248. The molecular formula is C6H6N4. The van der Waals surface area contributed by atoms with E-state index in [4.69, 9.17) is 0 Å². The van der Waals surface area contributed by atoms with Gasteiger partial charge in [-0.25, -0.2) is 10.0 Å². The van der Waals surface area contributed by atoms with E-state index < -0.39 is 0 Å². The van der Waals surface area contributed by atoms with Crippen molar-refractivity contribution in [3.05, 3.63) is 24.3 Å². The van der Waals surface area contributed by atoms with Gasteiger partial charge in [-0.05, 0) is 6.08 Å². The molecule has 0 atom stereocenters. The number of hydrogen-bond acceptors (Lipinski definition) is 4. The highest BCUT2D eigenvalue weighted by atomic mass is 15.6. The van der Waals surface area contributed by atoms with Crippen LogP contribution in [0.15, 0.2) is 34.3 Å². The molecule has 0 fully saturated rings. The second-order valence-electron chi connectivity index (χ2n) is 1.88. The lowest BCUT2D eigenvalue weighted by Crippen LogP contribution is -2.24. The summed E-state index contributed by atoms with van der Waals surface area (Å²) in [5.74, 6) is 0.810. The van der Waals surface area contributed by atoms with Crippen molar-refractivity contribution in [1.29, 1.82) is 0 Å². The van der Waals surface area contributed by atoms with Crippen LogP contribution < -0.4 is 5.43 Å². The van der Waals surface area contributed by atoms with Crippen molar-refractivity contribution >= 4 is 12.6 Å². The van der Waals surface area contributed by atoms with Gasteiger partial charge in [0.1, 0.15) is 6.34 Å². The Morgan fingerprint density at radius 3 is 3.50 bits per heavy atom. The lowest BCUT2D eigenvalue weighted by atomic mass is 10.6. The third kappa shape index (κ3) is 0.699. The fraction of sp³-hybridized carbons (Fsp3) is 0. The topological polar surface area (TPSA) is 40.0 Å². The summed E-state index contributed by atoms with van der Waals surface area (Å²) >= 11 is 0. The molecule has 0 amide bonds. The third-order valence-corrected chi connectivity index (χ3v) is 1.24. The summed E-state index contributed by atoms with van der Waals surface area (Å²) in [6, 6.07) is 0. The van der Waals surface area contributed by atoms with Gasteiger partial charge >= 0.3 is 0 Å². The first kappa shape index (κ1) is 5.22. The van der Waals surface area contributed by atoms with Gasteiger partial charge in [0.25, 0.3) is 0 Å². The SMILES string of the molecule is C1=CN2NC=NC2=CN=C1. The second kappa shape index (κ2) is 1.98. The monoisotopic (exact) mass is 134 g/mol. The van der Waals surface area contributed by atoms with Crippen LogP contribution in [0, 0.1) is 0 Å². The summed E-state index contributed by atoms with van der Waals surface area (Å²) in [6.07, 6.45) is 8.72. The fourth-order valence-electron chi connectivity index (χ4n) is 0.784. The van der Waals surface area contributed by atoms with Crippen LogP contribution in [0.5, 0.6) is 0 Å². The standard InChI is InChI=1S/C6H6N4/c1-2-7-4-6-8-5-9-10(6)3-1/h1-5H,(H,8,9). The molecule has 0 radical (unpaired) electrons. The molecule has 0 aromatic heterocycles. The molecule has 0 saturated carbocycles. The maximum Gasteiger partial charge on any atom is 0.171 e. The minimum atomic E-state index is 0.810. The zero-order valence-electron chi connectivity index (χ0n) is 5.23. The van der Waals surface area contributed by atoms with Crippen LogP contribution in [0.2, 0.25) is 0 Å². The van der Waals surface area contributed by atoms with E-state index in [2.05, 4.69) is 15.4 Å². The number of nitrogens with one attached hydrogen (secondary N) is 1.